The van der Waals surface area contributed by atoms with Crippen LogP contribution in [-0.4, -0.2) is 18.1 Å². The first kappa shape index (κ1) is 20.5. The number of alkyl halides is 3. The molecule has 2 aromatic carbocycles. The maximum absolute atomic E-state index is 13.6. The number of amides is 2. The Balaban J connectivity index is 1.88. The van der Waals surface area contributed by atoms with E-state index >= 15 is 0 Å². The second-order valence-corrected chi connectivity index (χ2v) is 6.69. The van der Waals surface area contributed by atoms with Crippen LogP contribution in [0, 0.1) is 0 Å². The standard InChI is InChI=1S/C20H15F3N2O3S/c1-29-17-7-3-2-5-13(17)18(26)25-15-9-8-12(11-14(15)20(21,22)23)24-19(27)16-6-4-10-28-16/h2-11H,1H3,(H,24,27)(H,25,26). The Morgan fingerprint density at radius 1 is 0.966 bits per heavy atom. The summed E-state index contributed by atoms with van der Waals surface area (Å²) in [7, 11) is 0. The molecule has 0 spiro atoms. The van der Waals surface area contributed by atoms with Gasteiger partial charge in [-0.2, -0.15) is 13.2 Å². The summed E-state index contributed by atoms with van der Waals surface area (Å²) < 4.78 is 45.6. The molecule has 0 saturated carbocycles. The van der Waals surface area contributed by atoms with Gasteiger partial charge in [-0.3, -0.25) is 9.59 Å². The largest absolute Gasteiger partial charge is 0.459 e. The van der Waals surface area contributed by atoms with Crippen molar-refractivity contribution in [1.29, 1.82) is 0 Å². The summed E-state index contributed by atoms with van der Waals surface area (Å²) >= 11 is 1.31. The molecule has 1 aromatic heterocycles. The summed E-state index contributed by atoms with van der Waals surface area (Å²) in [4.78, 5) is 25.2. The van der Waals surface area contributed by atoms with Gasteiger partial charge >= 0.3 is 6.18 Å². The molecule has 0 aliphatic carbocycles. The molecule has 0 atom stereocenters. The van der Waals surface area contributed by atoms with Crippen LogP contribution in [0.4, 0.5) is 24.5 Å². The molecule has 29 heavy (non-hydrogen) atoms. The van der Waals surface area contributed by atoms with Gasteiger partial charge in [-0.15, -0.1) is 11.8 Å². The van der Waals surface area contributed by atoms with Crippen molar-refractivity contribution < 1.29 is 27.2 Å². The number of halogens is 3. The van der Waals surface area contributed by atoms with E-state index in [4.69, 9.17) is 4.42 Å². The number of carbonyl (C=O) groups is 2. The minimum Gasteiger partial charge on any atom is -0.459 e. The first-order valence-corrected chi connectivity index (χ1v) is 9.52. The van der Waals surface area contributed by atoms with Gasteiger partial charge in [0.25, 0.3) is 11.8 Å². The molecule has 0 radical (unpaired) electrons. The fourth-order valence-electron chi connectivity index (χ4n) is 2.59. The number of benzene rings is 2. The van der Waals surface area contributed by atoms with E-state index in [0.29, 0.717) is 4.90 Å². The number of anilines is 2. The van der Waals surface area contributed by atoms with Crippen LogP contribution < -0.4 is 10.6 Å². The molecule has 3 rings (SSSR count). The highest BCUT2D eigenvalue weighted by Crippen LogP contribution is 2.37. The Morgan fingerprint density at radius 3 is 2.38 bits per heavy atom. The molecule has 1 heterocycles. The summed E-state index contributed by atoms with van der Waals surface area (Å²) in [6.45, 7) is 0. The fraction of sp³-hybridized carbons (Fsp3) is 0.100. The zero-order valence-electron chi connectivity index (χ0n) is 15.0. The number of thioether (sulfide) groups is 1. The zero-order chi connectivity index (χ0) is 21.0. The monoisotopic (exact) mass is 420 g/mol. The molecule has 9 heteroatoms. The number of rotatable bonds is 5. The van der Waals surface area contributed by atoms with E-state index in [1.165, 1.54) is 42.3 Å². The van der Waals surface area contributed by atoms with E-state index in [9.17, 15) is 22.8 Å². The summed E-state index contributed by atoms with van der Waals surface area (Å²) in [5.74, 6) is -1.38. The molecule has 0 aliphatic heterocycles. The topological polar surface area (TPSA) is 71.3 Å². The van der Waals surface area contributed by atoms with Crippen molar-refractivity contribution in [3.63, 3.8) is 0 Å². The predicted molar refractivity (Wildman–Crippen MR) is 104 cm³/mol. The average Bonchev–Trinajstić information content (AvgIpc) is 3.23. The molecule has 0 unspecified atom stereocenters. The SMILES string of the molecule is CSc1ccccc1C(=O)Nc1ccc(NC(=O)c2ccco2)cc1C(F)(F)F. The zero-order valence-corrected chi connectivity index (χ0v) is 15.9. The third-order valence-corrected chi connectivity index (χ3v) is 4.72. The second kappa shape index (κ2) is 8.44. The van der Waals surface area contributed by atoms with E-state index in [2.05, 4.69) is 10.6 Å². The van der Waals surface area contributed by atoms with E-state index in [1.807, 2.05) is 0 Å². The summed E-state index contributed by atoms with van der Waals surface area (Å²) in [5, 5.41) is 4.65. The first-order valence-electron chi connectivity index (χ1n) is 8.30. The van der Waals surface area contributed by atoms with Gasteiger partial charge in [-0.1, -0.05) is 12.1 Å². The van der Waals surface area contributed by atoms with E-state index in [1.54, 1.807) is 24.5 Å². The molecule has 0 fully saturated rings. The van der Waals surface area contributed by atoms with E-state index in [0.717, 1.165) is 12.1 Å². The summed E-state index contributed by atoms with van der Waals surface area (Å²) in [6, 6.07) is 12.6. The lowest BCUT2D eigenvalue weighted by Crippen LogP contribution is -2.18. The molecular formula is C20H15F3N2O3S. The van der Waals surface area contributed by atoms with Crippen LogP contribution in [0.15, 0.2) is 70.2 Å². The van der Waals surface area contributed by atoms with Gasteiger partial charge in [0.05, 0.1) is 23.1 Å². The number of hydrogen-bond acceptors (Lipinski definition) is 4. The van der Waals surface area contributed by atoms with Crippen molar-refractivity contribution >= 4 is 35.0 Å². The highest BCUT2D eigenvalue weighted by molar-refractivity contribution is 7.98. The number of furan rings is 1. The third kappa shape index (κ3) is 4.80. The van der Waals surface area contributed by atoms with Crippen molar-refractivity contribution in [2.75, 3.05) is 16.9 Å². The van der Waals surface area contributed by atoms with Gasteiger partial charge in [0.2, 0.25) is 0 Å². The molecule has 0 bridgehead atoms. The molecule has 5 nitrogen and oxygen atoms in total. The Hall–Kier alpha value is -3.20. The molecule has 2 N–H and O–H groups in total. The first-order chi connectivity index (χ1) is 13.8. The molecule has 150 valence electrons. The van der Waals surface area contributed by atoms with Crippen LogP contribution in [0.2, 0.25) is 0 Å². The van der Waals surface area contributed by atoms with E-state index in [-0.39, 0.29) is 17.0 Å². The number of hydrogen-bond donors (Lipinski definition) is 2. The Bertz CT molecular complexity index is 1030. The quantitative estimate of drug-likeness (QED) is 0.533. The summed E-state index contributed by atoms with van der Waals surface area (Å²) in [6.07, 6.45) is -1.70. The van der Waals surface area contributed by atoms with Crippen molar-refractivity contribution in [3.05, 3.63) is 77.7 Å². The van der Waals surface area contributed by atoms with Crippen LogP contribution >= 0.6 is 11.8 Å². The van der Waals surface area contributed by atoms with E-state index < -0.39 is 29.2 Å². The van der Waals surface area contributed by atoms with Crippen molar-refractivity contribution in [3.8, 4) is 0 Å². The molecule has 3 aromatic rings. The van der Waals surface area contributed by atoms with Crippen LogP contribution in [0.25, 0.3) is 0 Å². The van der Waals surface area contributed by atoms with Crippen LogP contribution in [0.1, 0.15) is 26.5 Å². The van der Waals surface area contributed by atoms with Gasteiger partial charge in [-0.25, -0.2) is 0 Å². The van der Waals surface area contributed by atoms with Crippen molar-refractivity contribution in [2.45, 2.75) is 11.1 Å². The molecule has 2 amide bonds. The Morgan fingerprint density at radius 2 is 1.72 bits per heavy atom. The van der Waals surface area contributed by atoms with Gasteiger partial charge in [0.15, 0.2) is 5.76 Å². The van der Waals surface area contributed by atoms with Gasteiger partial charge in [-0.05, 0) is 48.7 Å². The second-order valence-electron chi connectivity index (χ2n) is 5.84. The highest BCUT2D eigenvalue weighted by atomic mass is 32.2. The minimum absolute atomic E-state index is 0.0374. The van der Waals surface area contributed by atoms with Crippen LogP contribution in [-0.2, 0) is 6.18 Å². The predicted octanol–water partition coefficient (Wildman–Crippen LogP) is 5.52. The van der Waals surface area contributed by atoms with Crippen LogP contribution in [0.5, 0.6) is 0 Å². The van der Waals surface area contributed by atoms with Crippen molar-refractivity contribution in [2.24, 2.45) is 0 Å². The normalized spacial score (nSPS) is 11.2. The maximum atomic E-state index is 13.6. The lowest BCUT2D eigenvalue weighted by Gasteiger charge is -2.16. The van der Waals surface area contributed by atoms with Gasteiger partial charge in [0, 0.05) is 10.6 Å². The van der Waals surface area contributed by atoms with Crippen molar-refractivity contribution in [1.82, 2.24) is 0 Å². The Kier molecular flexibility index (Phi) is 5.97. The highest BCUT2D eigenvalue weighted by Gasteiger charge is 2.34. The smallest absolute Gasteiger partial charge is 0.418 e. The molecule has 0 aliphatic rings. The van der Waals surface area contributed by atoms with Gasteiger partial charge in [0.1, 0.15) is 0 Å². The lowest BCUT2D eigenvalue weighted by atomic mass is 10.1. The number of nitrogens with one attached hydrogen (secondary N) is 2. The third-order valence-electron chi connectivity index (χ3n) is 3.93. The fourth-order valence-corrected chi connectivity index (χ4v) is 3.18. The Labute approximate surface area is 168 Å². The van der Waals surface area contributed by atoms with Crippen LogP contribution in [0.3, 0.4) is 0 Å². The lowest BCUT2D eigenvalue weighted by molar-refractivity contribution is -0.136. The average molecular weight is 420 g/mol. The van der Waals surface area contributed by atoms with Gasteiger partial charge < -0.3 is 15.1 Å². The molecule has 0 saturated heterocycles. The molecular weight excluding hydrogens is 405 g/mol. The maximum Gasteiger partial charge on any atom is 0.418 e. The summed E-state index contributed by atoms with van der Waals surface area (Å²) in [5.41, 5.74) is -1.30. The number of carbonyl (C=O) groups excluding carboxylic acids is 2. The minimum atomic E-state index is -4.74.